The Balaban J connectivity index is 2.39. The fraction of sp³-hybridized carbons (Fsp3) is 0.615. The minimum atomic E-state index is -0.567. The first kappa shape index (κ1) is 13.6. The van der Waals surface area contributed by atoms with Gasteiger partial charge in [0, 0.05) is 12.5 Å². The van der Waals surface area contributed by atoms with Crippen molar-refractivity contribution in [2.75, 3.05) is 20.8 Å². The lowest BCUT2D eigenvalue weighted by molar-refractivity contribution is -0.138. The molecule has 1 saturated heterocycles. The topological polar surface area (TPSA) is 72.9 Å². The Hall–Kier alpha value is -1.85. The third kappa shape index (κ3) is 2.22. The van der Waals surface area contributed by atoms with Crippen LogP contribution >= 0.6 is 0 Å². The molecular formula is C13H17NO5. The zero-order valence-electron chi connectivity index (χ0n) is 11.2. The van der Waals surface area contributed by atoms with E-state index in [1.807, 2.05) is 6.08 Å². The molecule has 6 heteroatoms. The van der Waals surface area contributed by atoms with Crippen molar-refractivity contribution in [2.24, 2.45) is 11.8 Å². The van der Waals surface area contributed by atoms with Gasteiger partial charge in [-0.15, -0.1) is 0 Å². The van der Waals surface area contributed by atoms with Crippen LogP contribution in [-0.2, 0) is 19.1 Å². The van der Waals surface area contributed by atoms with E-state index in [-0.39, 0.29) is 17.6 Å². The molecule has 19 heavy (non-hydrogen) atoms. The summed E-state index contributed by atoms with van der Waals surface area (Å²) in [5.74, 6) is -0.892. The van der Waals surface area contributed by atoms with Gasteiger partial charge in [-0.3, -0.25) is 9.69 Å². The maximum absolute atomic E-state index is 11.8. The number of esters is 1. The number of fused-ring (bicyclic) bond motifs is 2. The maximum atomic E-state index is 11.8. The number of hydrogen-bond acceptors (Lipinski definition) is 5. The molecule has 0 unspecified atom stereocenters. The molecule has 104 valence electrons. The number of piperidine rings is 1. The number of Topliss-reactive ketones (excluding diaryl/α,β-unsaturated/α-hetero) is 1. The molecule has 0 aromatic carbocycles. The van der Waals surface area contributed by atoms with Crippen molar-refractivity contribution < 1.29 is 23.9 Å². The van der Waals surface area contributed by atoms with E-state index in [0.29, 0.717) is 18.5 Å². The highest BCUT2D eigenvalue weighted by Gasteiger charge is 2.48. The molecule has 0 aromatic heterocycles. The molecule has 0 aromatic rings. The Labute approximate surface area is 111 Å². The number of methoxy groups -OCH3 is 2. The molecule has 6 nitrogen and oxygen atoms in total. The summed E-state index contributed by atoms with van der Waals surface area (Å²) in [6.07, 6.45) is 1.96. The van der Waals surface area contributed by atoms with Crippen LogP contribution in [0.15, 0.2) is 11.6 Å². The summed E-state index contributed by atoms with van der Waals surface area (Å²) in [7, 11) is 2.58. The van der Waals surface area contributed by atoms with Crippen LogP contribution in [0.2, 0.25) is 0 Å². The highest BCUT2D eigenvalue weighted by molar-refractivity contribution is 5.94. The molecular weight excluding hydrogens is 250 g/mol. The van der Waals surface area contributed by atoms with Crippen LogP contribution in [-0.4, -0.2) is 49.6 Å². The van der Waals surface area contributed by atoms with Crippen molar-refractivity contribution in [1.82, 2.24) is 4.90 Å². The highest BCUT2D eigenvalue weighted by Crippen LogP contribution is 2.39. The quantitative estimate of drug-likeness (QED) is 0.691. The number of ether oxygens (including phenoxy) is 2. The second kappa shape index (κ2) is 5.03. The third-order valence-electron chi connectivity index (χ3n) is 3.79. The predicted molar refractivity (Wildman–Crippen MR) is 65.3 cm³/mol. The Morgan fingerprint density at radius 3 is 2.47 bits per heavy atom. The SMILES string of the molecule is COC(=O)C1=C[C@@H]2C[C@@H](C(C)=O)[C@H]1N(C(=O)OC)C2. The molecule has 0 N–H and O–H groups in total. The van der Waals surface area contributed by atoms with E-state index in [2.05, 4.69) is 0 Å². The normalized spacial score (nSPS) is 28.7. The van der Waals surface area contributed by atoms with E-state index in [1.165, 1.54) is 26.0 Å². The van der Waals surface area contributed by atoms with Crippen molar-refractivity contribution >= 4 is 17.8 Å². The minimum absolute atomic E-state index is 0.00731. The second-order valence-corrected chi connectivity index (χ2v) is 4.89. The monoisotopic (exact) mass is 267 g/mol. The molecule has 0 spiro atoms. The van der Waals surface area contributed by atoms with Crippen LogP contribution in [0.25, 0.3) is 0 Å². The lowest BCUT2D eigenvalue weighted by Gasteiger charge is -2.46. The van der Waals surface area contributed by atoms with Gasteiger partial charge < -0.3 is 9.47 Å². The molecule has 3 rings (SSSR count). The third-order valence-corrected chi connectivity index (χ3v) is 3.79. The molecule has 0 saturated carbocycles. The van der Waals surface area contributed by atoms with Crippen LogP contribution in [0.1, 0.15) is 13.3 Å². The minimum Gasteiger partial charge on any atom is -0.466 e. The molecule has 3 atom stereocenters. The number of carbonyl (C=O) groups excluding carboxylic acids is 3. The van der Waals surface area contributed by atoms with Crippen LogP contribution in [0.3, 0.4) is 0 Å². The van der Waals surface area contributed by atoms with Gasteiger partial charge in [0.25, 0.3) is 0 Å². The molecule has 0 radical (unpaired) electrons. The molecule has 2 aliphatic heterocycles. The first-order chi connectivity index (χ1) is 8.99. The zero-order chi connectivity index (χ0) is 14.2. The molecule has 1 fully saturated rings. The van der Waals surface area contributed by atoms with Gasteiger partial charge in [0.05, 0.1) is 25.8 Å². The number of hydrogen-bond donors (Lipinski definition) is 0. The first-order valence-electron chi connectivity index (χ1n) is 6.14. The predicted octanol–water partition coefficient (Wildman–Crippen LogP) is 0.761. The number of carbonyl (C=O) groups is 3. The lowest BCUT2D eigenvalue weighted by Crippen LogP contribution is -2.57. The summed E-state index contributed by atoms with van der Waals surface area (Å²) < 4.78 is 9.46. The van der Waals surface area contributed by atoms with Gasteiger partial charge in [-0.25, -0.2) is 9.59 Å². The summed E-state index contributed by atoms with van der Waals surface area (Å²) in [4.78, 5) is 36.8. The van der Waals surface area contributed by atoms with Gasteiger partial charge in [-0.05, 0) is 19.3 Å². The molecule has 3 aliphatic rings. The summed E-state index contributed by atoms with van der Waals surface area (Å²) in [6.45, 7) is 1.96. The Morgan fingerprint density at radius 2 is 1.95 bits per heavy atom. The summed E-state index contributed by atoms with van der Waals surface area (Å²) >= 11 is 0. The van der Waals surface area contributed by atoms with E-state index in [9.17, 15) is 14.4 Å². The standard InChI is InChI=1S/C13H17NO5/c1-7(15)9-4-8-5-10(12(16)18-2)11(9)14(6-8)13(17)19-3/h5,8-9,11H,4,6H2,1-3H3/t8-,9-,11+/m0/s1. The average Bonchev–Trinajstić information content (AvgIpc) is 2.44. The maximum Gasteiger partial charge on any atom is 0.410 e. The van der Waals surface area contributed by atoms with Crippen LogP contribution in [0.4, 0.5) is 4.79 Å². The number of amides is 1. The second-order valence-electron chi connectivity index (χ2n) is 4.89. The molecule has 2 bridgehead atoms. The van der Waals surface area contributed by atoms with E-state index in [4.69, 9.17) is 9.47 Å². The first-order valence-corrected chi connectivity index (χ1v) is 6.14. The number of rotatable bonds is 2. The van der Waals surface area contributed by atoms with Crippen molar-refractivity contribution in [1.29, 1.82) is 0 Å². The van der Waals surface area contributed by atoms with Gasteiger partial charge in [0.2, 0.25) is 0 Å². The van der Waals surface area contributed by atoms with E-state index < -0.39 is 18.1 Å². The summed E-state index contributed by atoms with van der Waals surface area (Å²) in [5, 5.41) is 0. The largest absolute Gasteiger partial charge is 0.466 e. The van der Waals surface area contributed by atoms with Crippen molar-refractivity contribution in [3.05, 3.63) is 11.6 Å². The van der Waals surface area contributed by atoms with Gasteiger partial charge >= 0.3 is 12.1 Å². The Morgan fingerprint density at radius 1 is 1.26 bits per heavy atom. The van der Waals surface area contributed by atoms with Crippen LogP contribution in [0.5, 0.6) is 0 Å². The lowest BCUT2D eigenvalue weighted by atomic mass is 9.72. The number of ketones is 1. The summed E-state index contributed by atoms with van der Waals surface area (Å²) in [6, 6.07) is -0.567. The van der Waals surface area contributed by atoms with E-state index >= 15 is 0 Å². The van der Waals surface area contributed by atoms with Gasteiger partial charge in [0.15, 0.2) is 0 Å². The Kier molecular flexibility index (Phi) is 3.59. The summed E-state index contributed by atoms with van der Waals surface area (Å²) in [5.41, 5.74) is 0.385. The molecule has 1 aliphatic carbocycles. The average molecular weight is 267 g/mol. The van der Waals surface area contributed by atoms with Gasteiger partial charge in [-0.1, -0.05) is 6.08 Å². The van der Waals surface area contributed by atoms with Crippen LogP contribution in [0, 0.1) is 11.8 Å². The molecule has 2 heterocycles. The van der Waals surface area contributed by atoms with E-state index in [0.717, 1.165) is 0 Å². The highest BCUT2D eigenvalue weighted by atomic mass is 16.5. The zero-order valence-corrected chi connectivity index (χ0v) is 11.2. The van der Waals surface area contributed by atoms with Gasteiger partial charge in [0.1, 0.15) is 5.78 Å². The van der Waals surface area contributed by atoms with Crippen molar-refractivity contribution in [2.45, 2.75) is 19.4 Å². The Bertz CT molecular complexity index is 456. The fourth-order valence-corrected chi connectivity index (χ4v) is 2.97. The smallest absolute Gasteiger partial charge is 0.410 e. The van der Waals surface area contributed by atoms with Crippen molar-refractivity contribution in [3.63, 3.8) is 0 Å². The van der Waals surface area contributed by atoms with Gasteiger partial charge in [-0.2, -0.15) is 0 Å². The molecule has 1 amide bonds. The van der Waals surface area contributed by atoms with Crippen molar-refractivity contribution in [3.8, 4) is 0 Å². The van der Waals surface area contributed by atoms with E-state index in [1.54, 1.807) is 0 Å². The fourth-order valence-electron chi connectivity index (χ4n) is 2.97. The van der Waals surface area contributed by atoms with Crippen LogP contribution < -0.4 is 0 Å². The number of nitrogens with zero attached hydrogens (tertiary/aromatic N) is 1.